The van der Waals surface area contributed by atoms with Crippen LogP contribution in [0.2, 0.25) is 0 Å². The van der Waals surface area contributed by atoms with E-state index in [1.807, 2.05) is 0 Å². The number of anilines is 2. The van der Waals surface area contributed by atoms with Crippen molar-refractivity contribution < 1.29 is 27.8 Å². The Hall–Kier alpha value is -3.81. The Morgan fingerprint density at radius 3 is 2.59 bits per heavy atom. The van der Waals surface area contributed by atoms with E-state index in [1.165, 1.54) is 0 Å². The number of ether oxygens (including phenoxy) is 2. The molecular formula is C36H39F3N8O3S. The van der Waals surface area contributed by atoms with Gasteiger partial charge >= 0.3 is 6.01 Å². The maximum absolute atomic E-state index is 17.5. The van der Waals surface area contributed by atoms with Crippen LogP contribution in [0, 0.1) is 28.4 Å². The number of hydrogen-bond acceptors (Lipinski definition) is 12. The SMILES string of the molecule is C[C@@H](O)CN1CC2CCC(C1)N2c1nc(OCC2(CN3CC[C@H]3CF)CC2)nc2c(F)c(-c3ncc(F)c4sc(N)c(C#N)c34)c3c(c12)COC3. The number of hydrogen-bond donors (Lipinski definition) is 2. The molecule has 51 heavy (non-hydrogen) atoms. The molecule has 4 aliphatic heterocycles. The quantitative estimate of drug-likeness (QED) is 0.232. The largest absolute Gasteiger partial charge is 0.463 e. The zero-order valence-electron chi connectivity index (χ0n) is 28.3. The number of pyridine rings is 1. The molecule has 4 aromatic rings. The van der Waals surface area contributed by atoms with Gasteiger partial charge in [0.15, 0.2) is 11.6 Å². The average molecular weight is 721 g/mol. The van der Waals surface area contributed by atoms with Crippen LogP contribution in [0.4, 0.5) is 24.0 Å². The van der Waals surface area contributed by atoms with Crippen molar-refractivity contribution in [3.63, 3.8) is 0 Å². The molecule has 3 saturated heterocycles. The summed E-state index contributed by atoms with van der Waals surface area (Å²) in [6.07, 6.45) is 5.16. The number of piperazine rings is 1. The molecule has 11 nitrogen and oxygen atoms in total. The van der Waals surface area contributed by atoms with Crippen molar-refractivity contribution in [2.45, 2.75) is 76.5 Å². The number of benzene rings is 1. The highest BCUT2D eigenvalue weighted by molar-refractivity contribution is 7.23. The first kappa shape index (κ1) is 33.1. The van der Waals surface area contributed by atoms with E-state index >= 15 is 8.78 Å². The fraction of sp³-hybridized carbons (Fsp3) is 0.556. The maximum atomic E-state index is 17.5. The number of nitrogen functional groups attached to an aromatic ring is 1. The number of halogens is 3. The summed E-state index contributed by atoms with van der Waals surface area (Å²) < 4.78 is 58.5. The third kappa shape index (κ3) is 5.40. The molecule has 4 fully saturated rings. The summed E-state index contributed by atoms with van der Waals surface area (Å²) in [5.41, 5.74) is 7.60. The number of β-amino-alcohol motifs (C(OH)–C–C–N with tert-alkyl or cyclic N) is 1. The molecule has 2 bridgehead atoms. The normalized spacial score (nSPS) is 24.5. The predicted molar refractivity (Wildman–Crippen MR) is 186 cm³/mol. The standard InChI is InChI=1S/C36H39F3N8O3S/c1-18(48)11-45-12-20-2-3-21(13-45)47(20)34-28-24-15-49-14-23(24)26(30-27-22(9-40)33(41)51-32(27)25(38)10-42-30)29(39)31(28)43-35(44-34)50-17-36(5-6-36)16-46-7-4-19(46)8-37/h10,18-21,48H,2-8,11-17,41H2,1H3/t18-,19+,20?,21?/m1/s1. The van der Waals surface area contributed by atoms with Gasteiger partial charge in [-0.05, 0) is 50.2 Å². The molecule has 9 rings (SSSR count). The molecule has 15 heteroatoms. The number of nitrogens with zero attached hydrogens (tertiary/aromatic N) is 7. The summed E-state index contributed by atoms with van der Waals surface area (Å²) in [6.45, 7) is 5.65. The Morgan fingerprint density at radius 2 is 1.92 bits per heavy atom. The van der Waals surface area contributed by atoms with Crippen LogP contribution >= 0.6 is 11.3 Å². The van der Waals surface area contributed by atoms with Gasteiger partial charge in [-0.15, -0.1) is 11.3 Å². The van der Waals surface area contributed by atoms with Crippen molar-refractivity contribution in [3.8, 4) is 23.3 Å². The number of aromatic nitrogens is 3. The van der Waals surface area contributed by atoms with Gasteiger partial charge in [-0.25, -0.2) is 13.2 Å². The molecule has 0 spiro atoms. The lowest BCUT2D eigenvalue weighted by Gasteiger charge is -2.42. The van der Waals surface area contributed by atoms with Crippen molar-refractivity contribution in [2.24, 2.45) is 5.41 Å². The lowest BCUT2D eigenvalue weighted by Crippen LogP contribution is -2.55. The maximum Gasteiger partial charge on any atom is 0.319 e. The molecule has 2 unspecified atom stereocenters. The second kappa shape index (κ2) is 12.4. The molecule has 1 aliphatic carbocycles. The summed E-state index contributed by atoms with van der Waals surface area (Å²) in [4.78, 5) is 20.9. The summed E-state index contributed by atoms with van der Waals surface area (Å²) >= 11 is 0.933. The summed E-state index contributed by atoms with van der Waals surface area (Å²) in [5, 5.41) is 21.0. The second-order valence-corrected chi connectivity index (χ2v) is 16.1. The van der Waals surface area contributed by atoms with Crippen molar-refractivity contribution >= 4 is 43.1 Å². The first-order valence-electron chi connectivity index (χ1n) is 17.7. The Morgan fingerprint density at radius 1 is 1.16 bits per heavy atom. The zero-order valence-corrected chi connectivity index (χ0v) is 29.1. The number of aliphatic hydroxyl groups is 1. The first-order chi connectivity index (χ1) is 24.7. The highest BCUT2D eigenvalue weighted by atomic mass is 32.1. The van der Waals surface area contributed by atoms with Gasteiger partial charge in [-0.2, -0.15) is 15.2 Å². The summed E-state index contributed by atoms with van der Waals surface area (Å²) in [6, 6.07) is 2.24. The first-order valence-corrected chi connectivity index (χ1v) is 18.5. The van der Waals surface area contributed by atoms with Gasteiger partial charge in [0, 0.05) is 67.2 Å². The van der Waals surface area contributed by atoms with Crippen molar-refractivity contribution in [1.29, 1.82) is 5.26 Å². The van der Waals surface area contributed by atoms with Gasteiger partial charge in [0.25, 0.3) is 0 Å². The minimum atomic E-state index is -0.676. The van der Waals surface area contributed by atoms with Gasteiger partial charge in [-0.3, -0.25) is 14.8 Å². The third-order valence-corrected chi connectivity index (χ3v) is 12.6. The molecule has 268 valence electrons. The predicted octanol–water partition coefficient (Wildman–Crippen LogP) is 4.91. The van der Waals surface area contributed by atoms with Crippen LogP contribution in [0.25, 0.3) is 32.2 Å². The Kier molecular flexibility index (Phi) is 8.04. The summed E-state index contributed by atoms with van der Waals surface area (Å²) in [5.74, 6) is -0.729. The van der Waals surface area contributed by atoms with E-state index in [1.54, 1.807) is 6.92 Å². The van der Waals surface area contributed by atoms with Gasteiger partial charge in [-0.1, -0.05) is 0 Å². The fourth-order valence-electron chi connectivity index (χ4n) is 8.79. The lowest BCUT2D eigenvalue weighted by molar-refractivity contribution is 0.0365. The molecule has 3 aromatic heterocycles. The van der Waals surface area contributed by atoms with Gasteiger partial charge < -0.3 is 25.2 Å². The van der Waals surface area contributed by atoms with E-state index in [2.05, 4.69) is 25.8 Å². The molecule has 0 amide bonds. The number of rotatable bonds is 10. The average Bonchev–Trinajstić information content (AvgIpc) is 3.38. The third-order valence-electron chi connectivity index (χ3n) is 11.6. The molecule has 7 heterocycles. The smallest absolute Gasteiger partial charge is 0.319 e. The number of thiophene rings is 1. The number of alkyl halides is 1. The zero-order chi connectivity index (χ0) is 35.2. The van der Waals surface area contributed by atoms with Gasteiger partial charge in [0.2, 0.25) is 0 Å². The molecular weight excluding hydrogens is 682 g/mol. The van der Waals surface area contributed by atoms with Gasteiger partial charge in [0.05, 0.1) is 53.5 Å². The van der Waals surface area contributed by atoms with Crippen LogP contribution in [0.15, 0.2) is 6.20 Å². The van der Waals surface area contributed by atoms with E-state index in [-0.39, 0.29) is 86.9 Å². The molecule has 1 saturated carbocycles. The van der Waals surface area contributed by atoms with E-state index in [9.17, 15) is 14.8 Å². The minimum Gasteiger partial charge on any atom is -0.463 e. The van der Waals surface area contributed by atoms with E-state index in [0.29, 0.717) is 29.9 Å². The lowest BCUT2D eigenvalue weighted by atomic mass is 9.93. The van der Waals surface area contributed by atoms with E-state index in [4.69, 9.17) is 25.2 Å². The van der Waals surface area contributed by atoms with E-state index < -0.39 is 17.7 Å². The van der Waals surface area contributed by atoms with E-state index in [0.717, 1.165) is 81.4 Å². The Bertz CT molecular complexity index is 2090. The van der Waals surface area contributed by atoms with Crippen LogP contribution in [0.1, 0.15) is 55.7 Å². The highest BCUT2D eigenvalue weighted by Crippen LogP contribution is 2.50. The monoisotopic (exact) mass is 720 g/mol. The fourth-order valence-corrected chi connectivity index (χ4v) is 9.71. The van der Waals surface area contributed by atoms with Crippen LogP contribution < -0.4 is 15.4 Å². The van der Waals surface area contributed by atoms with Crippen LogP contribution in [0.3, 0.4) is 0 Å². The van der Waals surface area contributed by atoms with Gasteiger partial charge in [0.1, 0.15) is 29.1 Å². The van der Waals surface area contributed by atoms with Crippen LogP contribution in [-0.4, -0.2) is 100 Å². The van der Waals surface area contributed by atoms with Crippen LogP contribution in [-0.2, 0) is 18.0 Å². The molecule has 3 N–H and O–H groups in total. The molecule has 1 aromatic carbocycles. The number of nitrogens with two attached hydrogens (primary N) is 1. The number of nitriles is 1. The Balaban J connectivity index is 1.19. The Labute approximate surface area is 296 Å². The van der Waals surface area contributed by atoms with Crippen molar-refractivity contribution in [3.05, 3.63) is 34.5 Å². The number of aliphatic hydroxyl groups excluding tert-OH is 1. The molecule has 0 radical (unpaired) electrons. The molecule has 5 aliphatic rings. The van der Waals surface area contributed by atoms with Crippen LogP contribution in [0.5, 0.6) is 6.01 Å². The number of likely N-dealkylation sites (tertiary alicyclic amines) is 2. The van der Waals surface area contributed by atoms with Crippen molar-refractivity contribution in [1.82, 2.24) is 24.8 Å². The van der Waals surface area contributed by atoms with Crippen molar-refractivity contribution in [2.75, 3.05) is 56.6 Å². The number of fused-ring (bicyclic) bond motifs is 6. The second-order valence-electron chi connectivity index (χ2n) is 15.0. The molecule has 4 atom stereocenters. The highest BCUT2D eigenvalue weighted by Gasteiger charge is 2.48. The minimum absolute atomic E-state index is 0.0440. The topological polar surface area (TPSA) is 137 Å². The summed E-state index contributed by atoms with van der Waals surface area (Å²) in [7, 11) is 0.